The van der Waals surface area contributed by atoms with Crippen LogP contribution in [0.15, 0.2) is 18.5 Å². The number of fused-ring (bicyclic) bond motifs is 1. The Hall–Kier alpha value is -1.42. The van der Waals surface area contributed by atoms with E-state index in [9.17, 15) is 0 Å². The number of pyridine rings is 1. The lowest BCUT2D eigenvalue weighted by molar-refractivity contribution is -0.0500. The van der Waals surface area contributed by atoms with Gasteiger partial charge in [0, 0.05) is 19.2 Å². The van der Waals surface area contributed by atoms with E-state index in [1.807, 2.05) is 6.07 Å². The molecule has 72 valence electrons. The molecule has 4 nitrogen and oxygen atoms in total. The second-order valence-electron chi connectivity index (χ2n) is 3.56. The molecule has 1 saturated heterocycles. The van der Waals surface area contributed by atoms with E-state index in [0.29, 0.717) is 6.10 Å². The number of rotatable bonds is 2. The first-order chi connectivity index (χ1) is 6.92. The van der Waals surface area contributed by atoms with Crippen LogP contribution >= 0.6 is 0 Å². The molecule has 1 unspecified atom stereocenters. The largest absolute Gasteiger partial charge is 0.378 e. The molecular formula is C10H11N3O. The third-order valence-electron chi connectivity index (χ3n) is 2.55. The second-order valence-corrected chi connectivity index (χ2v) is 3.56. The van der Waals surface area contributed by atoms with Gasteiger partial charge in [0.05, 0.1) is 23.3 Å². The van der Waals surface area contributed by atoms with Crippen molar-refractivity contribution in [3.8, 4) is 0 Å². The van der Waals surface area contributed by atoms with Crippen molar-refractivity contribution in [3.05, 3.63) is 24.3 Å². The van der Waals surface area contributed by atoms with Gasteiger partial charge in [-0.2, -0.15) is 0 Å². The maximum atomic E-state index is 5.36. The van der Waals surface area contributed by atoms with E-state index < -0.39 is 0 Å². The number of ether oxygens (including phenoxy) is 1. The van der Waals surface area contributed by atoms with Crippen molar-refractivity contribution in [2.24, 2.45) is 0 Å². The van der Waals surface area contributed by atoms with Gasteiger partial charge < -0.3 is 9.72 Å². The van der Waals surface area contributed by atoms with Crippen LogP contribution in [-0.4, -0.2) is 27.7 Å². The van der Waals surface area contributed by atoms with Crippen molar-refractivity contribution in [1.29, 1.82) is 0 Å². The zero-order valence-corrected chi connectivity index (χ0v) is 7.73. The molecule has 14 heavy (non-hydrogen) atoms. The summed E-state index contributed by atoms with van der Waals surface area (Å²) in [6, 6.07) is 1.91. The Bertz CT molecular complexity index is 414. The van der Waals surface area contributed by atoms with Gasteiger partial charge in [-0.15, -0.1) is 0 Å². The quantitative estimate of drug-likeness (QED) is 0.774. The fraction of sp³-hybridized carbons (Fsp3) is 0.400. The molecule has 0 aliphatic carbocycles. The zero-order chi connectivity index (χ0) is 9.38. The minimum absolute atomic E-state index is 0.364. The fourth-order valence-electron chi connectivity index (χ4n) is 1.67. The van der Waals surface area contributed by atoms with E-state index in [-0.39, 0.29) is 0 Å². The summed E-state index contributed by atoms with van der Waals surface area (Å²) in [7, 11) is 0. The molecule has 0 aromatic carbocycles. The molecule has 0 bridgehead atoms. The first-order valence-electron chi connectivity index (χ1n) is 4.82. The van der Waals surface area contributed by atoms with Crippen molar-refractivity contribution < 1.29 is 4.74 Å². The number of hydrogen-bond donors (Lipinski definition) is 1. The van der Waals surface area contributed by atoms with Crippen molar-refractivity contribution >= 4 is 11.0 Å². The van der Waals surface area contributed by atoms with Crippen molar-refractivity contribution in [2.45, 2.75) is 18.9 Å². The summed E-state index contributed by atoms with van der Waals surface area (Å²) in [6.07, 6.45) is 5.95. The van der Waals surface area contributed by atoms with Crippen LogP contribution in [0.25, 0.3) is 11.0 Å². The summed E-state index contributed by atoms with van der Waals surface area (Å²) >= 11 is 0. The Morgan fingerprint density at radius 3 is 3.21 bits per heavy atom. The van der Waals surface area contributed by atoms with Gasteiger partial charge in [-0.1, -0.05) is 0 Å². The number of nitrogens with one attached hydrogen (secondary N) is 1. The van der Waals surface area contributed by atoms with Crippen LogP contribution in [0.1, 0.15) is 12.2 Å². The van der Waals surface area contributed by atoms with Crippen LogP contribution in [-0.2, 0) is 11.2 Å². The Morgan fingerprint density at radius 1 is 1.57 bits per heavy atom. The molecule has 1 atom stereocenters. The molecule has 4 heteroatoms. The minimum Gasteiger partial charge on any atom is -0.378 e. The first kappa shape index (κ1) is 7.94. The van der Waals surface area contributed by atoms with Gasteiger partial charge in [0.1, 0.15) is 5.82 Å². The van der Waals surface area contributed by atoms with Crippen LogP contribution in [0.3, 0.4) is 0 Å². The Balaban J connectivity index is 1.89. The summed E-state index contributed by atoms with van der Waals surface area (Å²) in [4.78, 5) is 11.7. The highest BCUT2D eigenvalue weighted by Crippen LogP contribution is 2.17. The molecule has 1 aliphatic rings. The molecule has 3 rings (SSSR count). The maximum absolute atomic E-state index is 5.36. The van der Waals surface area contributed by atoms with Gasteiger partial charge in [-0.05, 0) is 12.5 Å². The number of imidazole rings is 1. The van der Waals surface area contributed by atoms with Crippen LogP contribution in [0, 0.1) is 0 Å². The van der Waals surface area contributed by atoms with Crippen LogP contribution in [0.5, 0.6) is 0 Å². The van der Waals surface area contributed by atoms with Gasteiger partial charge in [0.25, 0.3) is 0 Å². The highest BCUT2D eigenvalue weighted by atomic mass is 16.5. The SMILES string of the molecule is c1cc2nc(CC3CCO3)[nH]c2cn1. The molecule has 0 spiro atoms. The van der Waals surface area contributed by atoms with E-state index in [2.05, 4.69) is 15.0 Å². The average molecular weight is 189 g/mol. The summed E-state index contributed by atoms with van der Waals surface area (Å²) in [5.41, 5.74) is 1.98. The van der Waals surface area contributed by atoms with Gasteiger partial charge in [-0.3, -0.25) is 4.98 Å². The predicted octanol–water partition coefficient (Wildman–Crippen LogP) is 1.29. The van der Waals surface area contributed by atoms with E-state index in [0.717, 1.165) is 36.3 Å². The summed E-state index contributed by atoms with van der Waals surface area (Å²) in [6.45, 7) is 0.895. The fourth-order valence-corrected chi connectivity index (χ4v) is 1.67. The Morgan fingerprint density at radius 2 is 2.50 bits per heavy atom. The van der Waals surface area contributed by atoms with Crippen molar-refractivity contribution in [2.75, 3.05) is 6.61 Å². The molecular weight excluding hydrogens is 178 g/mol. The van der Waals surface area contributed by atoms with Gasteiger partial charge in [0.2, 0.25) is 0 Å². The molecule has 0 radical (unpaired) electrons. The van der Waals surface area contributed by atoms with Crippen molar-refractivity contribution in [1.82, 2.24) is 15.0 Å². The van der Waals surface area contributed by atoms with Gasteiger partial charge in [0.15, 0.2) is 0 Å². The van der Waals surface area contributed by atoms with E-state index in [1.54, 1.807) is 12.4 Å². The summed E-state index contributed by atoms with van der Waals surface area (Å²) in [5.74, 6) is 0.998. The first-order valence-corrected chi connectivity index (χ1v) is 4.82. The topological polar surface area (TPSA) is 50.8 Å². The highest BCUT2D eigenvalue weighted by Gasteiger charge is 2.19. The van der Waals surface area contributed by atoms with E-state index in [1.165, 1.54) is 0 Å². The Labute approximate surface area is 81.3 Å². The Kier molecular flexibility index (Phi) is 1.73. The number of hydrogen-bond acceptors (Lipinski definition) is 3. The molecule has 1 aliphatic heterocycles. The zero-order valence-electron chi connectivity index (χ0n) is 7.73. The predicted molar refractivity (Wildman–Crippen MR) is 51.9 cm³/mol. The average Bonchev–Trinajstić information content (AvgIpc) is 2.53. The van der Waals surface area contributed by atoms with Gasteiger partial charge in [-0.25, -0.2) is 4.98 Å². The normalized spacial score (nSPS) is 21.0. The second kappa shape index (κ2) is 3.06. The van der Waals surface area contributed by atoms with Crippen LogP contribution < -0.4 is 0 Å². The minimum atomic E-state index is 0.364. The standard InChI is InChI=1S/C10H11N3O/c1-3-11-6-9-8(1)12-10(13-9)5-7-2-4-14-7/h1,3,6-7H,2,4-5H2,(H,12,13). The lowest BCUT2D eigenvalue weighted by Crippen LogP contribution is -2.29. The monoisotopic (exact) mass is 189 g/mol. The number of H-pyrrole nitrogens is 1. The smallest absolute Gasteiger partial charge is 0.109 e. The number of aromatic amines is 1. The molecule has 1 fully saturated rings. The molecule has 3 heterocycles. The van der Waals surface area contributed by atoms with E-state index in [4.69, 9.17) is 4.74 Å². The molecule has 1 N–H and O–H groups in total. The van der Waals surface area contributed by atoms with E-state index >= 15 is 0 Å². The van der Waals surface area contributed by atoms with Gasteiger partial charge >= 0.3 is 0 Å². The summed E-state index contributed by atoms with van der Waals surface area (Å²) < 4.78 is 5.36. The molecule has 0 saturated carbocycles. The number of nitrogens with zero attached hydrogens (tertiary/aromatic N) is 2. The number of aromatic nitrogens is 3. The maximum Gasteiger partial charge on any atom is 0.109 e. The highest BCUT2D eigenvalue weighted by molar-refractivity contribution is 5.73. The third-order valence-corrected chi connectivity index (χ3v) is 2.55. The lowest BCUT2D eigenvalue weighted by Gasteiger charge is -2.25. The third kappa shape index (κ3) is 1.28. The van der Waals surface area contributed by atoms with Crippen LogP contribution in [0.2, 0.25) is 0 Å². The molecule has 2 aromatic rings. The molecule has 0 amide bonds. The van der Waals surface area contributed by atoms with Crippen LogP contribution in [0.4, 0.5) is 0 Å². The van der Waals surface area contributed by atoms with Crippen molar-refractivity contribution in [3.63, 3.8) is 0 Å². The lowest BCUT2D eigenvalue weighted by atomic mass is 10.1. The molecule has 2 aromatic heterocycles. The summed E-state index contributed by atoms with van der Waals surface area (Å²) in [5, 5.41) is 0.